The van der Waals surface area contributed by atoms with E-state index in [0.29, 0.717) is 15.7 Å². The molecule has 1 heterocycles. The lowest BCUT2D eigenvalue weighted by atomic mass is 10.3. The lowest BCUT2D eigenvalue weighted by Crippen LogP contribution is -2.14. The van der Waals surface area contributed by atoms with Crippen molar-refractivity contribution in [1.82, 2.24) is 9.55 Å². The van der Waals surface area contributed by atoms with Crippen LogP contribution in [-0.4, -0.2) is 9.55 Å². The van der Waals surface area contributed by atoms with Crippen LogP contribution in [0.2, 0.25) is 10.0 Å². The lowest BCUT2D eigenvalue weighted by molar-refractivity contribution is 0.988. The zero-order chi connectivity index (χ0) is 10.1. The first kappa shape index (κ1) is 9.37. The lowest BCUT2D eigenvalue weighted by Gasteiger charge is -2.04. The fourth-order valence-corrected chi connectivity index (χ4v) is 1.58. The zero-order valence-corrected chi connectivity index (χ0v) is 8.51. The van der Waals surface area contributed by atoms with Crippen LogP contribution in [0.25, 0.3) is 5.69 Å². The smallest absolute Gasteiger partial charge is 0.312 e. The molecule has 2 rings (SSSR count). The van der Waals surface area contributed by atoms with Crippen LogP contribution in [0, 0.1) is 0 Å². The number of imidazole rings is 1. The molecule has 0 aliphatic heterocycles. The molecule has 0 bridgehead atoms. The Balaban J connectivity index is 2.69. The number of aromatic nitrogens is 2. The number of rotatable bonds is 1. The molecule has 0 radical (unpaired) electrons. The summed E-state index contributed by atoms with van der Waals surface area (Å²) in [6, 6.07) is 5.14. The highest BCUT2D eigenvalue weighted by Crippen LogP contribution is 2.27. The van der Waals surface area contributed by atoms with Crippen molar-refractivity contribution in [3.05, 3.63) is 51.1 Å². The van der Waals surface area contributed by atoms with Gasteiger partial charge in [0, 0.05) is 12.4 Å². The van der Waals surface area contributed by atoms with Gasteiger partial charge in [0.25, 0.3) is 0 Å². The number of benzene rings is 1. The number of halogens is 2. The topological polar surface area (TPSA) is 37.8 Å². The highest BCUT2D eigenvalue weighted by Gasteiger charge is 2.07. The van der Waals surface area contributed by atoms with Crippen molar-refractivity contribution >= 4 is 23.2 Å². The van der Waals surface area contributed by atoms with E-state index in [4.69, 9.17) is 23.2 Å². The predicted octanol–water partition coefficient (Wildman–Crippen LogP) is 2.47. The Bertz CT molecular complexity index is 516. The van der Waals surface area contributed by atoms with Gasteiger partial charge in [0.2, 0.25) is 0 Å². The minimum atomic E-state index is -0.242. The molecule has 0 spiro atoms. The van der Waals surface area contributed by atoms with Crippen LogP contribution in [0.3, 0.4) is 0 Å². The van der Waals surface area contributed by atoms with Crippen molar-refractivity contribution in [2.75, 3.05) is 0 Å². The van der Waals surface area contributed by atoms with Gasteiger partial charge in [-0.3, -0.25) is 4.57 Å². The second-order valence-electron chi connectivity index (χ2n) is 2.71. The van der Waals surface area contributed by atoms with Gasteiger partial charge in [-0.2, -0.15) is 0 Å². The Morgan fingerprint density at radius 2 is 2.07 bits per heavy atom. The number of nitrogens with zero attached hydrogens (tertiary/aromatic N) is 1. The Kier molecular flexibility index (Phi) is 2.35. The molecule has 3 nitrogen and oxygen atoms in total. The summed E-state index contributed by atoms with van der Waals surface area (Å²) in [4.78, 5) is 13.8. The number of aromatic amines is 1. The summed E-state index contributed by atoms with van der Waals surface area (Å²) >= 11 is 11.8. The maximum absolute atomic E-state index is 11.3. The van der Waals surface area contributed by atoms with Crippen LogP contribution in [0.5, 0.6) is 0 Å². The molecule has 1 aromatic heterocycles. The minimum absolute atomic E-state index is 0.242. The summed E-state index contributed by atoms with van der Waals surface area (Å²) in [5.74, 6) is 0. The van der Waals surface area contributed by atoms with Crippen molar-refractivity contribution in [3.63, 3.8) is 0 Å². The van der Waals surface area contributed by atoms with Gasteiger partial charge in [-0.05, 0) is 12.1 Å². The SMILES string of the molecule is O=c1[nH]ccn1-c1cccc(Cl)c1Cl. The van der Waals surface area contributed by atoms with Gasteiger partial charge in [0.1, 0.15) is 0 Å². The fraction of sp³-hybridized carbons (Fsp3) is 0. The number of nitrogens with one attached hydrogen (secondary N) is 1. The quantitative estimate of drug-likeness (QED) is 0.801. The molecule has 0 aliphatic rings. The van der Waals surface area contributed by atoms with Gasteiger partial charge in [0.15, 0.2) is 0 Å². The van der Waals surface area contributed by atoms with E-state index in [2.05, 4.69) is 4.98 Å². The summed E-state index contributed by atoms with van der Waals surface area (Å²) < 4.78 is 1.40. The third kappa shape index (κ3) is 1.45. The molecule has 14 heavy (non-hydrogen) atoms. The first-order chi connectivity index (χ1) is 6.70. The average molecular weight is 229 g/mol. The van der Waals surface area contributed by atoms with Gasteiger partial charge >= 0.3 is 5.69 Å². The van der Waals surface area contributed by atoms with E-state index in [1.807, 2.05) is 0 Å². The Morgan fingerprint density at radius 3 is 2.71 bits per heavy atom. The van der Waals surface area contributed by atoms with Crippen molar-refractivity contribution in [3.8, 4) is 5.69 Å². The zero-order valence-electron chi connectivity index (χ0n) is 7.00. The molecule has 1 N–H and O–H groups in total. The Labute approximate surface area is 89.9 Å². The third-order valence-corrected chi connectivity index (χ3v) is 2.65. The molecule has 5 heteroatoms. The Hall–Kier alpha value is -1.19. The summed E-state index contributed by atoms with van der Waals surface area (Å²) in [6.07, 6.45) is 3.14. The molecule has 2 aromatic rings. The van der Waals surface area contributed by atoms with Gasteiger partial charge in [-0.1, -0.05) is 29.3 Å². The fourth-order valence-electron chi connectivity index (χ4n) is 1.19. The summed E-state index contributed by atoms with van der Waals surface area (Å²) in [5.41, 5.74) is 0.333. The van der Waals surface area contributed by atoms with Crippen molar-refractivity contribution in [1.29, 1.82) is 0 Å². The van der Waals surface area contributed by atoms with Gasteiger partial charge in [0.05, 0.1) is 15.7 Å². The van der Waals surface area contributed by atoms with Crippen LogP contribution < -0.4 is 5.69 Å². The average Bonchev–Trinajstić information content (AvgIpc) is 2.57. The maximum atomic E-state index is 11.3. The highest BCUT2D eigenvalue weighted by molar-refractivity contribution is 6.43. The monoisotopic (exact) mass is 228 g/mol. The van der Waals surface area contributed by atoms with E-state index >= 15 is 0 Å². The first-order valence-electron chi connectivity index (χ1n) is 3.90. The van der Waals surface area contributed by atoms with E-state index in [9.17, 15) is 4.79 Å². The number of H-pyrrole nitrogens is 1. The van der Waals surface area contributed by atoms with Crippen molar-refractivity contribution in [2.24, 2.45) is 0 Å². The maximum Gasteiger partial charge on any atom is 0.330 e. The minimum Gasteiger partial charge on any atom is -0.312 e. The molecule has 0 saturated heterocycles. The van der Waals surface area contributed by atoms with E-state index in [-0.39, 0.29) is 5.69 Å². The highest BCUT2D eigenvalue weighted by atomic mass is 35.5. The molecule has 0 fully saturated rings. The molecule has 0 aliphatic carbocycles. The molecule has 0 saturated carbocycles. The third-order valence-electron chi connectivity index (χ3n) is 1.84. The summed E-state index contributed by atoms with van der Waals surface area (Å²) in [6.45, 7) is 0. The Morgan fingerprint density at radius 1 is 1.29 bits per heavy atom. The molecular weight excluding hydrogens is 223 g/mol. The second kappa shape index (κ2) is 3.52. The normalized spacial score (nSPS) is 10.4. The van der Waals surface area contributed by atoms with Crippen LogP contribution in [0.1, 0.15) is 0 Å². The van der Waals surface area contributed by atoms with E-state index in [1.54, 1.807) is 30.6 Å². The molecule has 72 valence electrons. The van der Waals surface area contributed by atoms with Crippen LogP contribution >= 0.6 is 23.2 Å². The van der Waals surface area contributed by atoms with E-state index in [1.165, 1.54) is 4.57 Å². The van der Waals surface area contributed by atoms with Crippen molar-refractivity contribution < 1.29 is 0 Å². The van der Waals surface area contributed by atoms with Gasteiger partial charge in [-0.25, -0.2) is 4.79 Å². The van der Waals surface area contributed by atoms with Crippen LogP contribution in [0.15, 0.2) is 35.4 Å². The predicted molar refractivity (Wildman–Crippen MR) is 56.4 cm³/mol. The summed E-state index contributed by atoms with van der Waals surface area (Å²) in [5, 5.41) is 0.799. The molecule has 0 atom stereocenters. The largest absolute Gasteiger partial charge is 0.330 e. The van der Waals surface area contributed by atoms with E-state index in [0.717, 1.165) is 0 Å². The molecular formula is C9H6Cl2N2O. The van der Waals surface area contributed by atoms with Crippen LogP contribution in [-0.2, 0) is 0 Å². The standard InChI is InChI=1S/C9H6Cl2N2O/c10-6-2-1-3-7(8(6)11)13-5-4-12-9(13)14/h1-5H,(H,12,14). The second-order valence-corrected chi connectivity index (χ2v) is 3.49. The summed E-state index contributed by atoms with van der Waals surface area (Å²) in [7, 11) is 0. The number of hydrogen-bond donors (Lipinski definition) is 1. The van der Waals surface area contributed by atoms with Crippen LogP contribution in [0.4, 0.5) is 0 Å². The van der Waals surface area contributed by atoms with E-state index < -0.39 is 0 Å². The molecule has 0 unspecified atom stereocenters. The number of hydrogen-bond acceptors (Lipinski definition) is 1. The van der Waals surface area contributed by atoms with Gasteiger partial charge < -0.3 is 4.98 Å². The first-order valence-corrected chi connectivity index (χ1v) is 4.66. The molecule has 0 amide bonds. The molecule has 1 aromatic carbocycles. The van der Waals surface area contributed by atoms with Gasteiger partial charge in [-0.15, -0.1) is 0 Å². The van der Waals surface area contributed by atoms with Crippen molar-refractivity contribution in [2.45, 2.75) is 0 Å².